The van der Waals surface area contributed by atoms with Crippen molar-refractivity contribution in [3.05, 3.63) is 193 Å². The Labute approximate surface area is 291 Å². The summed E-state index contributed by atoms with van der Waals surface area (Å²) >= 11 is 0. The zero-order valence-corrected chi connectivity index (χ0v) is 27.6. The number of hydrogen-bond acceptors (Lipinski definition) is 0. The van der Waals surface area contributed by atoms with Gasteiger partial charge in [-0.25, -0.2) is 0 Å². The topological polar surface area (TPSA) is 9.86 Å². The lowest BCUT2D eigenvalue weighted by atomic mass is 9.90. The minimum absolute atomic E-state index is 0.990. The first kappa shape index (κ1) is 28.6. The molecule has 1 aliphatic rings. The minimum Gasteiger partial charge on any atom is -0.313 e. The Balaban J connectivity index is 1.06. The van der Waals surface area contributed by atoms with E-state index in [1.807, 2.05) is 0 Å². The van der Waals surface area contributed by atoms with Crippen LogP contribution in [0.5, 0.6) is 0 Å². The molecule has 9 aromatic rings. The summed E-state index contributed by atoms with van der Waals surface area (Å²) in [5.74, 6) is 0. The molecule has 2 aromatic heterocycles. The second-order valence-corrected chi connectivity index (χ2v) is 13.3. The van der Waals surface area contributed by atoms with Crippen molar-refractivity contribution >= 4 is 44.4 Å². The summed E-state index contributed by atoms with van der Waals surface area (Å²) in [7, 11) is 0. The highest BCUT2D eigenvalue weighted by molar-refractivity contribution is 6.10. The molecule has 50 heavy (non-hydrogen) atoms. The van der Waals surface area contributed by atoms with Gasteiger partial charge in [0.1, 0.15) is 0 Å². The van der Waals surface area contributed by atoms with Crippen LogP contribution >= 0.6 is 0 Å². The fraction of sp³-hybridized carbons (Fsp3) is 0.0417. The molecule has 0 fully saturated rings. The molecular weight excluding hydrogens is 605 g/mol. The van der Waals surface area contributed by atoms with E-state index in [1.165, 1.54) is 88.7 Å². The molecule has 0 radical (unpaired) electrons. The van der Waals surface area contributed by atoms with Crippen molar-refractivity contribution in [2.45, 2.75) is 12.8 Å². The summed E-state index contributed by atoms with van der Waals surface area (Å²) in [4.78, 5) is 0. The van der Waals surface area contributed by atoms with Gasteiger partial charge in [-0.2, -0.15) is 0 Å². The van der Waals surface area contributed by atoms with Gasteiger partial charge < -0.3 is 9.13 Å². The van der Waals surface area contributed by atoms with Crippen LogP contribution < -0.4 is 0 Å². The number of benzene rings is 7. The predicted octanol–water partition coefficient (Wildman–Crippen LogP) is 12.5. The van der Waals surface area contributed by atoms with Crippen molar-refractivity contribution in [2.75, 3.05) is 0 Å². The number of para-hydroxylation sites is 2. The maximum absolute atomic E-state index is 2.48. The molecule has 2 heteroatoms. The number of aromatic nitrogens is 2. The van der Waals surface area contributed by atoms with Crippen LogP contribution in [0.1, 0.15) is 23.2 Å². The van der Waals surface area contributed by atoms with Gasteiger partial charge in [0.25, 0.3) is 0 Å². The Kier molecular flexibility index (Phi) is 6.67. The molecule has 0 saturated heterocycles. The van der Waals surface area contributed by atoms with Crippen LogP contribution in [0.4, 0.5) is 0 Å². The second-order valence-electron chi connectivity index (χ2n) is 13.3. The minimum atomic E-state index is 0.990. The molecule has 0 amide bonds. The molecule has 0 unspecified atom stereocenters. The molecular formula is C48H34N2. The molecule has 236 valence electrons. The van der Waals surface area contributed by atoms with Gasteiger partial charge in [-0.3, -0.25) is 0 Å². The van der Waals surface area contributed by atoms with E-state index in [1.54, 1.807) is 0 Å². The smallest absolute Gasteiger partial charge is 0.0541 e. The lowest BCUT2D eigenvalue weighted by molar-refractivity contribution is 0.898. The molecule has 0 spiro atoms. The largest absolute Gasteiger partial charge is 0.313 e. The van der Waals surface area contributed by atoms with E-state index in [0.29, 0.717) is 0 Å². The summed E-state index contributed by atoms with van der Waals surface area (Å²) in [6, 6.07) is 64.0. The van der Waals surface area contributed by atoms with Gasteiger partial charge in [0.05, 0.1) is 16.6 Å². The van der Waals surface area contributed by atoms with Gasteiger partial charge in [-0.05, 0) is 101 Å². The first-order chi connectivity index (χ1) is 24.8. The van der Waals surface area contributed by atoms with Crippen LogP contribution in [-0.4, -0.2) is 9.13 Å². The van der Waals surface area contributed by atoms with Crippen LogP contribution in [0.15, 0.2) is 176 Å². The third-order valence-electron chi connectivity index (χ3n) is 10.5. The number of rotatable bonds is 5. The first-order valence-corrected chi connectivity index (χ1v) is 17.5. The maximum Gasteiger partial charge on any atom is 0.0541 e. The molecule has 0 bridgehead atoms. The normalized spacial score (nSPS) is 12.8. The summed E-state index contributed by atoms with van der Waals surface area (Å²) in [6.07, 6.45) is 4.44. The summed E-state index contributed by atoms with van der Waals surface area (Å²) < 4.78 is 4.89. The van der Waals surface area contributed by atoms with E-state index < -0.39 is 0 Å². The van der Waals surface area contributed by atoms with Gasteiger partial charge in [0.2, 0.25) is 0 Å². The number of allylic oxidation sites excluding steroid dienone is 1. The van der Waals surface area contributed by atoms with Crippen LogP contribution in [0, 0.1) is 0 Å². The number of fused-ring (bicyclic) bond motifs is 6. The highest BCUT2D eigenvalue weighted by Crippen LogP contribution is 2.41. The van der Waals surface area contributed by atoms with Crippen molar-refractivity contribution in [3.8, 4) is 33.6 Å². The van der Waals surface area contributed by atoms with E-state index in [0.717, 1.165) is 12.8 Å². The van der Waals surface area contributed by atoms with E-state index >= 15 is 0 Å². The van der Waals surface area contributed by atoms with E-state index in [9.17, 15) is 0 Å². The molecule has 10 rings (SSSR count). The van der Waals surface area contributed by atoms with Crippen molar-refractivity contribution < 1.29 is 0 Å². The number of nitrogens with zero attached hydrogens (tertiary/aromatic N) is 2. The van der Waals surface area contributed by atoms with Gasteiger partial charge >= 0.3 is 0 Å². The Morgan fingerprint density at radius 1 is 0.340 bits per heavy atom. The maximum atomic E-state index is 2.48. The lowest BCUT2D eigenvalue weighted by Crippen LogP contribution is -2.05. The number of hydrogen-bond donors (Lipinski definition) is 0. The second kappa shape index (κ2) is 11.6. The Bertz CT molecular complexity index is 2710. The zero-order chi connectivity index (χ0) is 33.0. The predicted molar refractivity (Wildman–Crippen MR) is 211 cm³/mol. The van der Waals surface area contributed by atoms with Crippen LogP contribution in [-0.2, 0) is 6.42 Å². The lowest BCUT2D eigenvalue weighted by Gasteiger charge is -2.18. The van der Waals surface area contributed by atoms with E-state index in [-0.39, 0.29) is 0 Å². The highest BCUT2D eigenvalue weighted by Gasteiger charge is 2.22. The van der Waals surface area contributed by atoms with Gasteiger partial charge in [-0.1, -0.05) is 127 Å². The SMILES string of the molecule is C1=C(c2ccc3c(c2)c2ccccc2n3-c2ccc(-c3ccccc3)cc2)CCc2c1c1ccccc1n2-c1ccc(-c2ccccc2)cc1. The van der Waals surface area contributed by atoms with Crippen molar-refractivity contribution in [2.24, 2.45) is 0 Å². The van der Waals surface area contributed by atoms with E-state index in [4.69, 9.17) is 0 Å². The molecule has 2 nitrogen and oxygen atoms in total. The molecule has 0 aliphatic heterocycles. The molecule has 0 atom stereocenters. The molecule has 1 aliphatic carbocycles. The zero-order valence-electron chi connectivity index (χ0n) is 27.6. The third-order valence-corrected chi connectivity index (χ3v) is 10.5. The summed E-state index contributed by atoms with van der Waals surface area (Å²) in [5.41, 5.74) is 16.5. The summed E-state index contributed by atoms with van der Waals surface area (Å²) in [5, 5.41) is 3.88. The summed E-state index contributed by atoms with van der Waals surface area (Å²) in [6.45, 7) is 0. The average molecular weight is 639 g/mol. The fourth-order valence-electron chi connectivity index (χ4n) is 8.07. The monoisotopic (exact) mass is 638 g/mol. The molecule has 7 aromatic carbocycles. The van der Waals surface area contributed by atoms with Gasteiger partial charge in [-0.15, -0.1) is 0 Å². The Hall–Kier alpha value is -6.38. The Morgan fingerprint density at radius 2 is 0.820 bits per heavy atom. The van der Waals surface area contributed by atoms with Gasteiger partial charge in [0, 0.05) is 38.8 Å². The highest BCUT2D eigenvalue weighted by atomic mass is 15.0. The first-order valence-electron chi connectivity index (χ1n) is 17.5. The quantitative estimate of drug-likeness (QED) is 0.178. The molecule has 0 N–H and O–H groups in total. The van der Waals surface area contributed by atoms with E-state index in [2.05, 4.69) is 191 Å². The van der Waals surface area contributed by atoms with Crippen LogP contribution in [0.25, 0.3) is 78.0 Å². The molecule has 2 heterocycles. The van der Waals surface area contributed by atoms with Crippen molar-refractivity contribution in [1.29, 1.82) is 0 Å². The fourth-order valence-corrected chi connectivity index (χ4v) is 8.07. The molecule has 0 saturated carbocycles. The average Bonchev–Trinajstić information content (AvgIpc) is 3.71. The van der Waals surface area contributed by atoms with Gasteiger partial charge in [0.15, 0.2) is 0 Å². The van der Waals surface area contributed by atoms with Crippen LogP contribution in [0.2, 0.25) is 0 Å². The van der Waals surface area contributed by atoms with Crippen LogP contribution in [0.3, 0.4) is 0 Å². The third kappa shape index (κ3) is 4.64. The standard InChI is InChI=1S/C48H34N2/c1-3-11-33(12-4-1)35-19-25-39(26-20-35)49-45-17-9-7-15-41(45)43-31-37(23-29-47(43)49)38-24-30-48-44(32-38)42-16-8-10-18-46(42)50(48)40-27-21-36(22-28-40)34-13-5-2-6-14-34/h1-23,25-29,31-32H,24,30H2. The van der Waals surface area contributed by atoms with Crippen molar-refractivity contribution in [3.63, 3.8) is 0 Å². The Morgan fingerprint density at radius 3 is 1.46 bits per heavy atom. The van der Waals surface area contributed by atoms with Crippen molar-refractivity contribution in [1.82, 2.24) is 9.13 Å².